The number of benzene rings is 2. The first kappa shape index (κ1) is 18.6. The number of nitriles is 1. The van der Waals surface area contributed by atoms with Crippen molar-refractivity contribution < 1.29 is 13.9 Å². The van der Waals surface area contributed by atoms with Crippen LogP contribution in [0.2, 0.25) is 0 Å². The van der Waals surface area contributed by atoms with E-state index in [2.05, 4.69) is 6.07 Å². The maximum absolute atomic E-state index is 14.1. The summed E-state index contributed by atoms with van der Waals surface area (Å²) in [6, 6.07) is 11.9. The molecule has 0 spiro atoms. The summed E-state index contributed by atoms with van der Waals surface area (Å²) in [6.45, 7) is 2.47. The minimum absolute atomic E-state index is 0.0120. The van der Waals surface area contributed by atoms with Crippen LogP contribution in [0.1, 0.15) is 40.4 Å². The van der Waals surface area contributed by atoms with E-state index in [4.69, 9.17) is 10.00 Å². The Morgan fingerprint density at radius 1 is 1.25 bits per heavy atom. The van der Waals surface area contributed by atoms with E-state index >= 15 is 0 Å². The van der Waals surface area contributed by atoms with Crippen molar-refractivity contribution in [2.24, 2.45) is 0 Å². The molecule has 2 aromatic carbocycles. The van der Waals surface area contributed by atoms with Crippen LogP contribution in [0.25, 0.3) is 0 Å². The maximum atomic E-state index is 14.1. The van der Waals surface area contributed by atoms with Gasteiger partial charge in [0.1, 0.15) is 12.4 Å². The summed E-state index contributed by atoms with van der Waals surface area (Å²) in [5, 5.41) is 9.09. The molecule has 0 aliphatic heterocycles. The molecule has 0 bridgehead atoms. The lowest BCUT2D eigenvalue weighted by Crippen LogP contribution is -2.13. The molecule has 0 aliphatic rings. The molecule has 0 fully saturated rings. The molecule has 24 heavy (non-hydrogen) atoms. The molecule has 2 rings (SSSR count). The highest BCUT2D eigenvalue weighted by Gasteiger charge is 2.14. The van der Waals surface area contributed by atoms with E-state index in [-0.39, 0.29) is 24.6 Å². The van der Waals surface area contributed by atoms with Crippen molar-refractivity contribution in [1.29, 1.82) is 5.26 Å². The highest BCUT2D eigenvalue weighted by Crippen LogP contribution is 2.20. The fourth-order valence-corrected chi connectivity index (χ4v) is 2.79. The predicted octanol–water partition coefficient (Wildman–Crippen LogP) is 4.50. The Bertz CT molecular complexity index is 783. The van der Waals surface area contributed by atoms with Crippen LogP contribution in [0.15, 0.2) is 36.4 Å². The van der Waals surface area contributed by atoms with Gasteiger partial charge >= 0.3 is 0 Å². The lowest BCUT2D eigenvalue weighted by atomic mass is 9.95. The number of hydrogen-bond donors (Lipinski definition) is 0. The molecule has 0 N–H and O–H groups in total. The number of carbonyl (C=O) groups is 1. The van der Waals surface area contributed by atoms with Crippen molar-refractivity contribution in [1.82, 2.24) is 0 Å². The summed E-state index contributed by atoms with van der Waals surface area (Å²) in [7, 11) is 0. The Kier molecular flexibility index (Phi) is 6.88. The standard InChI is InChI=1S/C19H17FINO2/c1-2-7-24-12-19(23)17-6-3-13(11-22)8-15(17)9-14-4-5-16(21)10-18(14)20/h3-6,8,10H,2,7,9,12H2,1H3. The second-order valence-corrected chi connectivity index (χ2v) is 6.62. The summed E-state index contributed by atoms with van der Waals surface area (Å²) in [5.74, 6) is -0.473. The van der Waals surface area contributed by atoms with Gasteiger partial charge < -0.3 is 4.74 Å². The highest BCUT2D eigenvalue weighted by molar-refractivity contribution is 14.1. The van der Waals surface area contributed by atoms with Gasteiger partial charge in [0.15, 0.2) is 5.78 Å². The molecule has 3 nitrogen and oxygen atoms in total. The SMILES string of the molecule is CCCOCC(=O)c1ccc(C#N)cc1Cc1ccc(I)cc1F. The number of nitrogens with zero attached hydrogens (tertiary/aromatic N) is 1. The number of ether oxygens (including phenoxy) is 1. The number of hydrogen-bond acceptors (Lipinski definition) is 3. The molecule has 0 amide bonds. The average Bonchev–Trinajstić information content (AvgIpc) is 2.57. The first-order valence-corrected chi connectivity index (χ1v) is 8.71. The van der Waals surface area contributed by atoms with Crippen LogP contribution in [0, 0.1) is 20.7 Å². The molecule has 0 aromatic heterocycles. The Hall–Kier alpha value is -1.78. The minimum atomic E-state index is -0.315. The van der Waals surface area contributed by atoms with E-state index in [1.54, 1.807) is 24.3 Å². The average molecular weight is 437 g/mol. The summed E-state index contributed by atoms with van der Waals surface area (Å²) < 4.78 is 20.2. The fraction of sp³-hybridized carbons (Fsp3) is 0.263. The third-order valence-electron chi connectivity index (χ3n) is 3.51. The molecular formula is C19H17FINO2. The minimum Gasteiger partial charge on any atom is -0.373 e. The van der Waals surface area contributed by atoms with Crippen molar-refractivity contribution in [2.75, 3.05) is 13.2 Å². The van der Waals surface area contributed by atoms with Crippen LogP contribution in [-0.4, -0.2) is 19.0 Å². The zero-order valence-corrected chi connectivity index (χ0v) is 15.5. The van der Waals surface area contributed by atoms with E-state index in [9.17, 15) is 9.18 Å². The molecule has 0 radical (unpaired) electrons. The largest absolute Gasteiger partial charge is 0.373 e. The van der Waals surface area contributed by atoms with Crippen molar-refractivity contribution in [3.8, 4) is 6.07 Å². The molecule has 0 unspecified atom stereocenters. The Morgan fingerprint density at radius 3 is 2.71 bits per heavy atom. The lowest BCUT2D eigenvalue weighted by molar-refractivity contribution is 0.0760. The zero-order valence-electron chi connectivity index (χ0n) is 13.3. The van der Waals surface area contributed by atoms with Crippen molar-refractivity contribution >= 4 is 28.4 Å². The van der Waals surface area contributed by atoms with Gasteiger partial charge in [-0.15, -0.1) is 0 Å². The van der Waals surface area contributed by atoms with E-state index < -0.39 is 0 Å². The van der Waals surface area contributed by atoms with Gasteiger partial charge in [0.2, 0.25) is 0 Å². The Morgan fingerprint density at radius 2 is 2.04 bits per heavy atom. The second-order valence-electron chi connectivity index (χ2n) is 5.37. The lowest BCUT2D eigenvalue weighted by Gasteiger charge is -2.11. The Balaban J connectivity index is 2.32. The number of Topliss-reactive ketones (excluding diaryl/α,β-unsaturated/α-hetero) is 1. The summed E-state index contributed by atoms with van der Waals surface area (Å²) in [5.41, 5.74) is 2.05. The van der Waals surface area contributed by atoms with Gasteiger partial charge in [-0.05, 0) is 70.5 Å². The van der Waals surface area contributed by atoms with Gasteiger partial charge in [-0.3, -0.25) is 4.79 Å². The van der Waals surface area contributed by atoms with Crippen LogP contribution in [0.5, 0.6) is 0 Å². The second kappa shape index (κ2) is 8.90. The Labute approximate surface area is 154 Å². The first-order valence-electron chi connectivity index (χ1n) is 7.63. The predicted molar refractivity (Wildman–Crippen MR) is 98.5 cm³/mol. The van der Waals surface area contributed by atoms with E-state index in [1.807, 2.05) is 35.6 Å². The van der Waals surface area contributed by atoms with E-state index in [0.29, 0.717) is 28.9 Å². The highest BCUT2D eigenvalue weighted by atomic mass is 127. The quantitative estimate of drug-likeness (QED) is 0.364. The molecule has 5 heteroatoms. The third-order valence-corrected chi connectivity index (χ3v) is 4.18. The molecule has 0 heterocycles. The summed E-state index contributed by atoms with van der Waals surface area (Å²) in [4.78, 5) is 12.4. The van der Waals surface area contributed by atoms with Crippen LogP contribution in [0.4, 0.5) is 4.39 Å². The van der Waals surface area contributed by atoms with Gasteiger partial charge in [-0.2, -0.15) is 5.26 Å². The first-order chi connectivity index (χ1) is 11.5. The zero-order chi connectivity index (χ0) is 17.5. The monoisotopic (exact) mass is 437 g/mol. The van der Waals surface area contributed by atoms with E-state index in [1.165, 1.54) is 6.07 Å². The van der Waals surface area contributed by atoms with Crippen LogP contribution in [-0.2, 0) is 11.2 Å². The van der Waals surface area contributed by atoms with E-state index in [0.717, 1.165) is 9.99 Å². The smallest absolute Gasteiger partial charge is 0.188 e. The van der Waals surface area contributed by atoms with Gasteiger partial charge in [-0.1, -0.05) is 13.0 Å². The topological polar surface area (TPSA) is 50.1 Å². The molecule has 0 aliphatic carbocycles. The number of carbonyl (C=O) groups excluding carboxylic acids is 1. The molecule has 2 aromatic rings. The number of rotatable bonds is 7. The third kappa shape index (κ3) is 4.86. The van der Waals surface area contributed by atoms with Gasteiger partial charge in [-0.25, -0.2) is 4.39 Å². The van der Waals surface area contributed by atoms with Crippen LogP contribution < -0.4 is 0 Å². The van der Waals surface area contributed by atoms with Gasteiger partial charge in [0.05, 0.1) is 11.6 Å². The van der Waals surface area contributed by atoms with Crippen molar-refractivity contribution in [2.45, 2.75) is 19.8 Å². The van der Waals surface area contributed by atoms with Crippen molar-refractivity contribution in [3.05, 3.63) is 68.0 Å². The fourth-order valence-electron chi connectivity index (χ4n) is 2.34. The maximum Gasteiger partial charge on any atom is 0.188 e. The molecule has 0 saturated heterocycles. The molecule has 0 saturated carbocycles. The molecule has 124 valence electrons. The normalized spacial score (nSPS) is 10.4. The summed E-state index contributed by atoms with van der Waals surface area (Å²) in [6.07, 6.45) is 1.09. The van der Waals surface area contributed by atoms with Gasteiger partial charge in [0.25, 0.3) is 0 Å². The molecule has 0 atom stereocenters. The number of ketones is 1. The number of halogens is 2. The van der Waals surface area contributed by atoms with Crippen LogP contribution in [0.3, 0.4) is 0 Å². The van der Waals surface area contributed by atoms with Crippen molar-refractivity contribution in [3.63, 3.8) is 0 Å². The van der Waals surface area contributed by atoms with Gasteiger partial charge in [0, 0.05) is 22.2 Å². The van der Waals surface area contributed by atoms with Crippen LogP contribution >= 0.6 is 22.6 Å². The molecular weight excluding hydrogens is 420 g/mol. The summed E-state index contributed by atoms with van der Waals surface area (Å²) >= 11 is 2.05.